The molecule has 0 saturated carbocycles. The van der Waals surface area contributed by atoms with Crippen molar-refractivity contribution < 1.29 is 9.90 Å². The van der Waals surface area contributed by atoms with Crippen molar-refractivity contribution in [1.29, 1.82) is 0 Å². The van der Waals surface area contributed by atoms with E-state index in [4.69, 9.17) is 5.73 Å². The topological polar surface area (TPSA) is 69.8 Å². The van der Waals surface area contributed by atoms with Crippen LogP contribution in [0.2, 0.25) is 0 Å². The van der Waals surface area contributed by atoms with Gasteiger partial charge in [0.05, 0.1) is 11.6 Å². The maximum absolute atomic E-state index is 12.2. The van der Waals surface area contributed by atoms with Gasteiger partial charge < -0.3 is 20.6 Å². The molecule has 1 aliphatic rings. The number of hydrogen-bond acceptors (Lipinski definition) is 4. The van der Waals surface area contributed by atoms with E-state index in [1.54, 1.807) is 6.07 Å². The maximum Gasteiger partial charge on any atom is 0.227 e. The molecule has 0 radical (unpaired) electrons. The number of rotatable bonds is 3. The van der Waals surface area contributed by atoms with Crippen LogP contribution >= 0.6 is 0 Å². The van der Waals surface area contributed by atoms with Gasteiger partial charge in [-0.25, -0.2) is 0 Å². The molecule has 1 fully saturated rings. The van der Waals surface area contributed by atoms with Crippen LogP contribution in [0.25, 0.3) is 0 Å². The second-order valence-corrected chi connectivity index (χ2v) is 5.45. The molecule has 110 valence electrons. The fourth-order valence-electron chi connectivity index (χ4n) is 2.41. The highest BCUT2D eigenvalue weighted by Gasteiger charge is 2.27. The number of amides is 1. The third kappa shape index (κ3) is 3.04. The molecule has 5 nitrogen and oxygen atoms in total. The van der Waals surface area contributed by atoms with Crippen LogP contribution in [-0.2, 0) is 4.79 Å². The Bertz CT molecular complexity index is 468. The number of hydrogen-bond donors (Lipinski definition) is 2. The van der Waals surface area contributed by atoms with Gasteiger partial charge in [-0.3, -0.25) is 4.79 Å². The molecule has 2 atom stereocenters. The van der Waals surface area contributed by atoms with E-state index in [9.17, 15) is 9.90 Å². The molecule has 2 unspecified atom stereocenters. The summed E-state index contributed by atoms with van der Waals surface area (Å²) in [6, 6.07) is 7.18. The fourth-order valence-corrected chi connectivity index (χ4v) is 2.41. The van der Waals surface area contributed by atoms with Gasteiger partial charge in [0.1, 0.15) is 5.75 Å². The molecular formula is C15H23N3O2. The third-order valence-corrected chi connectivity index (χ3v) is 3.99. The third-order valence-electron chi connectivity index (χ3n) is 3.99. The molecule has 1 saturated heterocycles. The van der Waals surface area contributed by atoms with E-state index in [1.165, 1.54) is 0 Å². The van der Waals surface area contributed by atoms with Crippen molar-refractivity contribution in [3.8, 4) is 5.75 Å². The van der Waals surface area contributed by atoms with Crippen molar-refractivity contribution in [2.24, 2.45) is 11.7 Å². The SMILES string of the molecule is CC(N)C(C)C(=O)N1CCN(c2ccccc2O)CC1. The minimum atomic E-state index is -0.147. The number of nitrogens with zero attached hydrogens (tertiary/aromatic N) is 2. The van der Waals surface area contributed by atoms with E-state index in [2.05, 4.69) is 4.90 Å². The molecule has 20 heavy (non-hydrogen) atoms. The minimum absolute atomic E-state index is 0.122. The lowest BCUT2D eigenvalue weighted by Crippen LogP contribution is -2.52. The largest absolute Gasteiger partial charge is 0.506 e. The number of benzene rings is 1. The lowest BCUT2D eigenvalue weighted by molar-refractivity contribution is -0.135. The summed E-state index contributed by atoms with van der Waals surface area (Å²) in [6.45, 7) is 6.54. The molecule has 1 aliphatic heterocycles. The van der Waals surface area contributed by atoms with Gasteiger partial charge in [-0.1, -0.05) is 19.1 Å². The lowest BCUT2D eigenvalue weighted by Gasteiger charge is -2.37. The van der Waals surface area contributed by atoms with E-state index in [0.717, 1.165) is 18.8 Å². The number of phenols is 1. The zero-order chi connectivity index (χ0) is 14.7. The molecule has 0 spiro atoms. The number of nitrogens with two attached hydrogens (primary N) is 1. The summed E-state index contributed by atoms with van der Waals surface area (Å²) < 4.78 is 0. The van der Waals surface area contributed by atoms with Crippen LogP contribution in [0.5, 0.6) is 5.75 Å². The molecule has 1 amide bonds. The minimum Gasteiger partial charge on any atom is -0.506 e. The maximum atomic E-state index is 12.2. The molecule has 0 bridgehead atoms. The van der Waals surface area contributed by atoms with Gasteiger partial charge in [0.2, 0.25) is 5.91 Å². The van der Waals surface area contributed by atoms with Gasteiger partial charge in [0.15, 0.2) is 0 Å². The molecule has 1 heterocycles. The monoisotopic (exact) mass is 277 g/mol. The summed E-state index contributed by atoms with van der Waals surface area (Å²) in [5.74, 6) is 0.264. The van der Waals surface area contributed by atoms with Gasteiger partial charge >= 0.3 is 0 Å². The molecule has 0 aliphatic carbocycles. The second-order valence-electron chi connectivity index (χ2n) is 5.45. The van der Waals surface area contributed by atoms with Gasteiger partial charge in [-0.2, -0.15) is 0 Å². The highest BCUT2D eigenvalue weighted by Crippen LogP contribution is 2.27. The van der Waals surface area contributed by atoms with E-state index >= 15 is 0 Å². The van der Waals surface area contributed by atoms with Crippen LogP contribution < -0.4 is 10.6 Å². The zero-order valence-electron chi connectivity index (χ0n) is 12.1. The van der Waals surface area contributed by atoms with Crippen molar-refractivity contribution in [2.45, 2.75) is 19.9 Å². The van der Waals surface area contributed by atoms with Gasteiger partial charge in [-0.15, -0.1) is 0 Å². The first kappa shape index (κ1) is 14.7. The van der Waals surface area contributed by atoms with Gasteiger partial charge in [-0.05, 0) is 19.1 Å². The zero-order valence-corrected chi connectivity index (χ0v) is 12.1. The standard InChI is InChI=1S/C15H23N3O2/c1-11(12(2)16)15(20)18-9-7-17(8-10-18)13-5-3-4-6-14(13)19/h3-6,11-12,19H,7-10,16H2,1-2H3. The Morgan fingerprint density at radius 1 is 1.20 bits per heavy atom. The highest BCUT2D eigenvalue weighted by atomic mass is 16.3. The Morgan fingerprint density at radius 2 is 1.80 bits per heavy atom. The number of phenolic OH excluding ortho intramolecular Hbond substituents is 1. The first-order valence-electron chi connectivity index (χ1n) is 7.08. The van der Waals surface area contributed by atoms with Crippen LogP contribution in [0.4, 0.5) is 5.69 Å². The van der Waals surface area contributed by atoms with Crippen LogP contribution in [-0.4, -0.2) is 48.1 Å². The van der Waals surface area contributed by atoms with Crippen molar-refractivity contribution in [2.75, 3.05) is 31.1 Å². The van der Waals surface area contributed by atoms with Gasteiger partial charge in [0.25, 0.3) is 0 Å². The van der Waals surface area contributed by atoms with E-state index in [-0.39, 0.29) is 23.6 Å². The van der Waals surface area contributed by atoms with E-state index in [0.29, 0.717) is 13.1 Å². The number of para-hydroxylation sites is 2. The molecule has 5 heteroatoms. The molecular weight excluding hydrogens is 254 g/mol. The van der Waals surface area contributed by atoms with E-state index in [1.807, 2.05) is 36.9 Å². The summed E-state index contributed by atoms with van der Waals surface area (Å²) in [4.78, 5) is 16.2. The highest BCUT2D eigenvalue weighted by molar-refractivity contribution is 5.79. The molecule has 3 N–H and O–H groups in total. The normalized spacial score (nSPS) is 18.8. The molecule has 0 aromatic heterocycles. The Balaban J connectivity index is 1.96. The summed E-state index contributed by atoms with van der Waals surface area (Å²) >= 11 is 0. The van der Waals surface area contributed by atoms with Crippen molar-refractivity contribution >= 4 is 11.6 Å². The average molecular weight is 277 g/mol. The molecule has 1 aromatic rings. The van der Waals surface area contributed by atoms with Crippen molar-refractivity contribution in [3.63, 3.8) is 0 Å². The number of carbonyl (C=O) groups is 1. The average Bonchev–Trinajstić information content (AvgIpc) is 2.46. The van der Waals surface area contributed by atoms with Crippen molar-refractivity contribution in [3.05, 3.63) is 24.3 Å². The first-order valence-corrected chi connectivity index (χ1v) is 7.08. The smallest absolute Gasteiger partial charge is 0.227 e. The van der Waals surface area contributed by atoms with Gasteiger partial charge in [0, 0.05) is 32.2 Å². The predicted molar refractivity (Wildman–Crippen MR) is 79.7 cm³/mol. The molecule has 1 aromatic carbocycles. The summed E-state index contributed by atoms with van der Waals surface area (Å²) in [7, 11) is 0. The molecule has 2 rings (SSSR count). The Labute approximate surface area is 120 Å². The number of carbonyl (C=O) groups excluding carboxylic acids is 1. The number of piperazine rings is 1. The fraction of sp³-hybridized carbons (Fsp3) is 0.533. The number of aromatic hydroxyl groups is 1. The Morgan fingerprint density at radius 3 is 2.35 bits per heavy atom. The quantitative estimate of drug-likeness (QED) is 0.865. The van der Waals surface area contributed by atoms with Crippen LogP contribution in [0.1, 0.15) is 13.8 Å². The Kier molecular flexibility index (Phi) is 4.49. The lowest BCUT2D eigenvalue weighted by atomic mass is 10.0. The first-order chi connectivity index (χ1) is 9.50. The van der Waals surface area contributed by atoms with Crippen LogP contribution in [0.3, 0.4) is 0 Å². The van der Waals surface area contributed by atoms with E-state index < -0.39 is 0 Å². The number of anilines is 1. The van der Waals surface area contributed by atoms with Crippen LogP contribution in [0, 0.1) is 5.92 Å². The summed E-state index contributed by atoms with van der Waals surface area (Å²) in [6.07, 6.45) is 0. The Hall–Kier alpha value is -1.75. The summed E-state index contributed by atoms with van der Waals surface area (Å²) in [5.41, 5.74) is 6.62. The second kappa shape index (κ2) is 6.13. The van der Waals surface area contributed by atoms with Crippen LogP contribution in [0.15, 0.2) is 24.3 Å². The predicted octanol–water partition coefficient (Wildman–Crippen LogP) is 1.02. The summed E-state index contributed by atoms with van der Waals surface area (Å²) in [5, 5.41) is 9.86. The van der Waals surface area contributed by atoms with Crippen molar-refractivity contribution in [1.82, 2.24) is 4.90 Å².